The van der Waals surface area contributed by atoms with Gasteiger partial charge in [0, 0.05) is 17.1 Å². The summed E-state index contributed by atoms with van der Waals surface area (Å²) in [6, 6.07) is 16.5. The van der Waals surface area contributed by atoms with Gasteiger partial charge in [0.25, 0.3) is 0 Å². The fourth-order valence-electron chi connectivity index (χ4n) is 2.36. The van der Waals surface area contributed by atoms with Crippen LogP contribution in [0.3, 0.4) is 0 Å². The number of aromatic nitrogens is 1. The zero-order chi connectivity index (χ0) is 15.4. The number of aromatic amines is 1. The third-order valence-electron chi connectivity index (χ3n) is 3.49. The Morgan fingerprint density at radius 3 is 2.68 bits per heavy atom. The van der Waals surface area contributed by atoms with E-state index in [0.717, 1.165) is 16.5 Å². The van der Waals surface area contributed by atoms with Gasteiger partial charge in [-0.15, -0.1) is 0 Å². The molecule has 0 saturated heterocycles. The van der Waals surface area contributed by atoms with E-state index in [1.807, 2.05) is 36.5 Å². The van der Waals surface area contributed by atoms with Crippen molar-refractivity contribution in [2.45, 2.75) is 12.8 Å². The molecule has 0 spiro atoms. The number of nitrogens with zero attached hydrogens (tertiary/aromatic N) is 1. The topological polar surface area (TPSA) is 65.9 Å². The van der Waals surface area contributed by atoms with Gasteiger partial charge in [-0.1, -0.05) is 18.2 Å². The Balaban J connectivity index is 1.61. The second-order valence-corrected chi connectivity index (χ2v) is 4.97. The maximum absolute atomic E-state index is 11.9. The van der Waals surface area contributed by atoms with Crippen molar-refractivity contribution in [3.05, 3.63) is 65.9 Å². The van der Waals surface area contributed by atoms with Crippen LogP contribution in [-0.2, 0) is 11.2 Å². The predicted molar refractivity (Wildman–Crippen MR) is 83.4 cm³/mol. The minimum atomic E-state index is -0.282. The molecule has 1 heterocycles. The molecule has 0 amide bonds. The lowest BCUT2D eigenvalue weighted by molar-refractivity contribution is -0.134. The SMILES string of the molecule is N#Cc1ccc(OC(=O)CCc2c[nH]c3ccccc23)cc1. The van der Waals surface area contributed by atoms with Gasteiger partial charge in [-0.25, -0.2) is 0 Å². The fourth-order valence-corrected chi connectivity index (χ4v) is 2.36. The number of nitrogens with one attached hydrogen (secondary N) is 1. The highest BCUT2D eigenvalue weighted by Crippen LogP contribution is 2.19. The average molecular weight is 290 g/mol. The Hall–Kier alpha value is -3.06. The molecule has 0 unspecified atom stereocenters. The second-order valence-electron chi connectivity index (χ2n) is 4.97. The van der Waals surface area contributed by atoms with E-state index in [0.29, 0.717) is 24.2 Å². The smallest absolute Gasteiger partial charge is 0.311 e. The number of carbonyl (C=O) groups is 1. The number of hydrogen-bond donors (Lipinski definition) is 1. The summed E-state index contributed by atoms with van der Waals surface area (Å²) in [5.74, 6) is 0.179. The molecular formula is C18H14N2O2. The highest BCUT2D eigenvalue weighted by molar-refractivity contribution is 5.83. The molecule has 3 rings (SSSR count). The van der Waals surface area contributed by atoms with Crippen LogP contribution in [0.1, 0.15) is 17.5 Å². The van der Waals surface area contributed by atoms with Gasteiger partial charge < -0.3 is 9.72 Å². The van der Waals surface area contributed by atoms with E-state index in [1.165, 1.54) is 0 Å². The van der Waals surface area contributed by atoms with E-state index in [-0.39, 0.29) is 5.97 Å². The van der Waals surface area contributed by atoms with Gasteiger partial charge in [0.15, 0.2) is 0 Å². The number of nitriles is 1. The zero-order valence-electron chi connectivity index (χ0n) is 11.9. The standard InChI is InChI=1S/C18H14N2O2/c19-11-13-5-8-15(9-6-13)22-18(21)10-7-14-12-20-17-4-2-1-3-16(14)17/h1-6,8-9,12,20H,7,10H2. The average Bonchev–Trinajstić information content (AvgIpc) is 2.97. The number of benzene rings is 2. The number of rotatable bonds is 4. The van der Waals surface area contributed by atoms with E-state index in [4.69, 9.17) is 10.00 Å². The maximum atomic E-state index is 11.9. The highest BCUT2D eigenvalue weighted by atomic mass is 16.5. The number of esters is 1. The van der Waals surface area contributed by atoms with Gasteiger partial charge in [0.1, 0.15) is 5.75 Å². The summed E-state index contributed by atoms with van der Waals surface area (Å²) in [6.45, 7) is 0. The van der Waals surface area contributed by atoms with E-state index in [9.17, 15) is 4.79 Å². The summed E-state index contributed by atoms with van der Waals surface area (Å²) in [5.41, 5.74) is 2.71. The molecule has 0 aliphatic carbocycles. The van der Waals surface area contributed by atoms with Crippen LogP contribution in [0.5, 0.6) is 5.75 Å². The van der Waals surface area contributed by atoms with Crippen molar-refractivity contribution in [3.8, 4) is 11.8 Å². The van der Waals surface area contributed by atoms with Gasteiger partial charge in [0.2, 0.25) is 0 Å². The Bertz CT molecular complexity index is 841. The molecule has 0 aliphatic rings. The third-order valence-corrected chi connectivity index (χ3v) is 3.49. The first-order valence-corrected chi connectivity index (χ1v) is 7.02. The Kier molecular flexibility index (Phi) is 3.88. The summed E-state index contributed by atoms with van der Waals surface area (Å²) in [6.07, 6.45) is 2.86. The van der Waals surface area contributed by atoms with Gasteiger partial charge >= 0.3 is 5.97 Å². The molecule has 0 aliphatic heterocycles. The van der Waals surface area contributed by atoms with Gasteiger partial charge in [0.05, 0.1) is 18.1 Å². The first-order chi connectivity index (χ1) is 10.8. The number of carbonyl (C=O) groups excluding carboxylic acids is 1. The van der Waals surface area contributed by atoms with Crippen LogP contribution in [0.15, 0.2) is 54.7 Å². The van der Waals surface area contributed by atoms with Crippen molar-refractivity contribution in [2.24, 2.45) is 0 Å². The summed E-state index contributed by atoms with van der Waals surface area (Å²) >= 11 is 0. The van der Waals surface area contributed by atoms with Crippen LogP contribution in [0.25, 0.3) is 10.9 Å². The van der Waals surface area contributed by atoms with E-state index in [1.54, 1.807) is 24.3 Å². The van der Waals surface area contributed by atoms with Crippen molar-refractivity contribution in [1.29, 1.82) is 5.26 Å². The summed E-state index contributed by atoms with van der Waals surface area (Å²) in [7, 11) is 0. The van der Waals surface area contributed by atoms with Crippen molar-refractivity contribution >= 4 is 16.9 Å². The lowest BCUT2D eigenvalue weighted by Crippen LogP contribution is -2.08. The predicted octanol–water partition coefficient (Wildman–Crippen LogP) is 3.58. The molecule has 1 aromatic heterocycles. The first kappa shape index (κ1) is 13.9. The van der Waals surface area contributed by atoms with Crippen LogP contribution in [0.4, 0.5) is 0 Å². The highest BCUT2D eigenvalue weighted by Gasteiger charge is 2.08. The minimum Gasteiger partial charge on any atom is -0.427 e. The van der Waals surface area contributed by atoms with Crippen LogP contribution >= 0.6 is 0 Å². The molecular weight excluding hydrogens is 276 g/mol. The molecule has 0 radical (unpaired) electrons. The molecule has 0 atom stereocenters. The first-order valence-electron chi connectivity index (χ1n) is 7.02. The Morgan fingerprint density at radius 2 is 1.91 bits per heavy atom. The Labute approximate surface area is 128 Å². The quantitative estimate of drug-likeness (QED) is 0.590. The summed E-state index contributed by atoms with van der Waals surface area (Å²) in [5, 5.41) is 9.86. The van der Waals surface area contributed by atoms with Gasteiger partial charge in [-0.05, 0) is 42.3 Å². The maximum Gasteiger partial charge on any atom is 0.311 e. The fraction of sp³-hybridized carbons (Fsp3) is 0.111. The van der Waals surface area contributed by atoms with E-state index >= 15 is 0 Å². The molecule has 2 aromatic carbocycles. The van der Waals surface area contributed by atoms with Crippen molar-refractivity contribution in [2.75, 3.05) is 0 Å². The molecule has 0 saturated carbocycles. The van der Waals surface area contributed by atoms with Crippen molar-refractivity contribution in [3.63, 3.8) is 0 Å². The van der Waals surface area contributed by atoms with Gasteiger partial charge in [-0.3, -0.25) is 4.79 Å². The largest absolute Gasteiger partial charge is 0.427 e. The monoisotopic (exact) mass is 290 g/mol. The van der Waals surface area contributed by atoms with Crippen molar-refractivity contribution < 1.29 is 9.53 Å². The van der Waals surface area contributed by atoms with Gasteiger partial charge in [-0.2, -0.15) is 5.26 Å². The summed E-state index contributed by atoms with van der Waals surface area (Å²) < 4.78 is 5.27. The van der Waals surface area contributed by atoms with Crippen LogP contribution in [-0.4, -0.2) is 11.0 Å². The zero-order valence-corrected chi connectivity index (χ0v) is 11.9. The molecule has 108 valence electrons. The molecule has 0 fully saturated rings. The third kappa shape index (κ3) is 2.99. The number of para-hydroxylation sites is 1. The molecule has 4 heteroatoms. The normalized spacial score (nSPS) is 10.3. The van der Waals surface area contributed by atoms with E-state index < -0.39 is 0 Å². The molecule has 1 N–H and O–H groups in total. The number of fused-ring (bicyclic) bond motifs is 1. The number of hydrogen-bond acceptors (Lipinski definition) is 3. The van der Waals surface area contributed by atoms with Crippen molar-refractivity contribution in [1.82, 2.24) is 4.98 Å². The minimum absolute atomic E-state index is 0.282. The lowest BCUT2D eigenvalue weighted by Gasteiger charge is -2.04. The van der Waals surface area contributed by atoms with Crippen LogP contribution in [0, 0.1) is 11.3 Å². The summed E-state index contributed by atoms with van der Waals surface area (Å²) in [4.78, 5) is 15.1. The molecule has 4 nitrogen and oxygen atoms in total. The van der Waals surface area contributed by atoms with E-state index in [2.05, 4.69) is 4.98 Å². The Morgan fingerprint density at radius 1 is 1.14 bits per heavy atom. The number of aryl methyl sites for hydroxylation is 1. The molecule has 22 heavy (non-hydrogen) atoms. The van der Waals surface area contributed by atoms with Crippen LogP contribution in [0.2, 0.25) is 0 Å². The van der Waals surface area contributed by atoms with Crippen LogP contribution < -0.4 is 4.74 Å². The number of H-pyrrole nitrogens is 1. The second kappa shape index (κ2) is 6.15. The molecule has 0 bridgehead atoms. The lowest BCUT2D eigenvalue weighted by atomic mass is 10.1. The number of ether oxygens (including phenoxy) is 1. The molecule has 3 aromatic rings.